The number of hydrogen-bond acceptors (Lipinski definition) is 0. The second kappa shape index (κ2) is 4.56. The van der Waals surface area contributed by atoms with Gasteiger partial charge in [-0.05, 0) is 45.2 Å². The number of para-hydroxylation sites is 1. The first kappa shape index (κ1) is 14.1. The van der Waals surface area contributed by atoms with Crippen LogP contribution in [0.1, 0.15) is 25.0 Å². The van der Waals surface area contributed by atoms with Gasteiger partial charge in [0.15, 0.2) is 0 Å². The van der Waals surface area contributed by atoms with Crippen LogP contribution in [0, 0.1) is 0 Å². The molecule has 26 heavy (non-hydrogen) atoms. The average molecular weight is 333 g/mol. The van der Waals surface area contributed by atoms with Crippen molar-refractivity contribution in [1.82, 2.24) is 4.98 Å². The van der Waals surface area contributed by atoms with E-state index >= 15 is 0 Å². The average Bonchev–Trinajstić information content (AvgIpc) is 3.04. The Balaban J connectivity index is 1.93. The minimum atomic E-state index is -0.0181. The molecule has 1 aliphatic carbocycles. The minimum Gasteiger partial charge on any atom is -0.354 e. The van der Waals surface area contributed by atoms with Crippen LogP contribution in [-0.2, 0) is 5.41 Å². The van der Waals surface area contributed by atoms with Crippen molar-refractivity contribution in [3.8, 4) is 11.1 Å². The zero-order valence-electron chi connectivity index (χ0n) is 14.9. The highest BCUT2D eigenvalue weighted by Gasteiger charge is 2.34. The smallest absolute Gasteiger partial charge is 0.0471 e. The Morgan fingerprint density at radius 3 is 2.35 bits per heavy atom. The lowest BCUT2D eigenvalue weighted by molar-refractivity contribution is 0.646. The van der Waals surface area contributed by atoms with Crippen LogP contribution in [0.3, 0.4) is 0 Å². The molecule has 1 N–H and O–H groups in total. The third-order valence-electron chi connectivity index (χ3n) is 6.19. The predicted molar refractivity (Wildman–Crippen MR) is 111 cm³/mol. The summed E-state index contributed by atoms with van der Waals surface area (Å²) in [6.45, 7) is 4.72. The molecular formula is C25H19N. The van der Waals surface area contributed by atoms with E-state index in [9.17, 15) is 0 Å². The molecule has 1 aliphatic rings. The van der Waals surface area contributed by atoms with Gasteiger partial charge in [-0.2, -0.15) is 0 Å². The monoisotopic (exact) mass is 333 g/mol. The van der Waals surface area contributed by atoms with E-state index in [4.69, 9.17) is 0 Å². The van der Waals surface area contributed by atoms with Gasteiger partial charge in [0.2, 0.25) is 0 Å². The molecule has 0 saturated heterocycles. The second-order valence-corrected chi connectivity index (χ2v) is 7.92. The highest BCUT2D eigenvalue weighted by atomic mass is 14.7. The van der Waals surface area contributed by atoms with Crippen LogP contribution >= 0.6 is 0 Å². The van der Waals surface area contributed by atoms with E-state index in [0.717, 1.165) is 0 Å². The fraction of sp³-hybridized carbons (Fsp3) is 0.120. The highest BCUT2D eigenvalue weighted by Crippen LogP contribution is 2.51. The minimum absolute atomic E-state index is 0.0181. The molecule has 1 heteroatoms. The normalized spacial score (nSPS) is 14.8. The van der Waals surface area contributed by atoms with Crippen molar-refractivity contribution in [2.75, 3.05) is 0 Å². The van der Waals surface area contributed by atoms with Gasteiger partial charge in [0.05, 0.1) is 0 Å². The van der Waals surface area contributed by atoms with Gasteiger partial charge in [0, 0.05) is 27.2 Å². The van der Waals surface area contributed by atoms with Gasteiger partial charge in [-0.25, -0.2) is 0 Å². The Labute approximate surface area is 152 Å². The number of H-pyrrole nitrogens is 1. The van der Waals surface area contributed by atoms with E-state index in [1.165, 1.54) is 54.8 Å². The molecule has 1 nitrogen and oxygen atoms in total. The van der Waals surface area contributed by atoms with E-state index in [1.54, 1.807) is 0 Å². The first-order chi connectivity index (χ1) is 12.7. The molecular weight excluding hydrogens is 314 g/mol. The summed E-state index contributed by atoms with van der Waals surface area (Å²) in [4.78, 5) is 3.61. The SMILES string of the molecule is CC1(C)c2ccc3[nH]c4ccccc4c3c2-c2cccc3cccc1c23. The molecule has 6 rings (SSSR count). The van der Waals surface area contributed by atoms with Crippen molar-refractivity contribution in [3.05, 3.63) is 83.9 Å². The Bertz CT molecular complexity index is 1350. The van der Waals surface area contributed by atoms with Gasteiger partial charge in [-0.3, -0.25) is 0 Å². The van der Waals surface area contributed by atoms with Crippen molar-refractivity contribution in [3.63, 3.8) is 0 Å². The summed E-state index contributed by atoms with van der Waals surface area (Å²) in [7, 11) is 0. The number of hydrogen-bond donors (Lipinski definition) is 1. The lowest BCUT2D eigenvalue weighted by Gasteiger charge is -2.35. The largest absolute Gasteiger partial charge is 0.354 e. The third-order valence-corrected chi connectivity index (χ3v) is 6.19. The Kier molecular flexibility index (Phi) is 2.48. The Morgan fingerprint density at radius 1 is 0.654 bits per heavy atom. The van der Waals surface area contributed by atoms with Crippen molar-refractivity contribution >= 4 is 32.6 Å². The number of benzene rings is 4. The molecule has 0 radical (unpaired) electrons. The molecule has 5 aromatic rings. The van der Waals surface area contributed by atoms with Gasteiger partial charge in [-0.1, -0.05) is 74.5 Å². The van der Waals surface area contributed by atoms with E-state index in [-0.39, 0.29) is 5.41 Å². The number of rotatable bonds is 0. The van der Waals surface area contributed by atoms with E-state index < -0.39 is 0 Å². The topological polar surface area (TPSA) is 15.8 Å². The van der Waals surface area contributed by atoms with Gasteiger partial charge >= 0.3 is 0 Å². The molecule has 0 bridgehead atoms. The molecule has 1 aromatic heterocycles. The van der Waals surface area contributed by atoms with Crippen LogP contribution < -0.4 is 0 Å². The van der Waals surface area contributed by atoms with Crippen molar-refractivity contribution in [1.29, 1.82) is 0 Å². The van der Waals surface area contributed by atoms with Crippen LogP contribution in [-0.4, -0.2) is 4.98 Å². The number of nitrogens with one attached hydrogen (secondary N) is 1. The Morgan fingerprint density at radius 2 is 1.46 bits per heavy atom. The lowest BCUT2D eigenvalue weighted by atomic mass is 9.68. The first-order valence-corrected chi connectivity index (χ1v) is 9.23. The molecule has 0 amide bonds. The molecule has 0 spiro atoms. The molecule has 124 valence electrons. The van der Waals surface area contributed by atoms with Crippen molar-refractivity contribution in [2.45, 2.75) is 19.3 Å². The second-order valence-electron chi connectivity index (χ2n) is 7.92. The number of fused-ring (bicyclic) bond motifs is 6. The summed E-state index contributed by atoms with van der Waals surface area (Å²) >= 11 is 0. The maximum Gasteiger partial charge on any atom is 0.0471 e. The fourth-order valence-corrected chi connectivity index (χ4v) is 4.96. The summed E-state index contributed by atoms with van der Waals surface area (Å²) in [5.41, 5.74) is 8.02. The predicted octanol–water partition coefficient (Wildman–Crippen LogP) is 6.78. The van der Waals surface area contributed by atoms with Crippen LogP contribution in [0.2, 0.25) is 0 Å². The van der Waals surface area contributed by atoms with Gasteiger partial charge in [0.1, 0.15) is 0 Å². The summed E-state index contributed by atoms with van der Waals surface area (Å²) < 4.78 is 0. The van der Waals surface area contributed by atoms with E-state index in [0.29, 0.717) is 0 Å². The van der Waals surface area contributed by atoms with Crippen LogP contribution in [0.25, 0.3) is 43.7 Å². The molecule has 0 unspecified atom stereocenters. The molecule has 0 atom stereocenters. The number of aromatic amines is 1. The summed E-state index contributed by atoms with van der Waals surface area (Å²) in [5.74, 6) is 0. The van der Waals surface area contributed by atoms with Crippen LogP contribution in [0.4, 0.5) is 0 Å². The quantitative estimate of drug-likeness (QED) is 0.321. The first-order valence-electron chi connectivity index (χ1n) is 9.23. The van der Waals surface area contributed by atoms with Crippen LogP contribution in [0.5, 0.6) is 0 Å². The third kappa shape index (κ3) is 1.56. The summed E-state index contributed by atoms with van der Waals surface area (Å²) in [6, 6.07) is 26.7. The summed E-state index contributed by atoms with van der Waals surface area (Å²) in [6.07, 6.45) is 0. The number of aromatic nitrogens is 1. The zero-order valence-corrected chi connectivity index (χ0v) is 14.9. The molecule has 0 aliphatic heterocycles. The van der Waals surface area contributed by atoms with Gasteiger partial charge < -0.3 is 4.98 Å². The fourth-order valence-electron chi connectivity index (χ4n) is 4.96. The van der Waals surface area contributed by atoms with Gasteiger partial charge in [-0.15, -0.1) is 0 Å². The van der Waals surface area contributed by atoms with E-state index in [2.05, 4.69) is 91.6 Å². The molecule has 1 heterocycles. The lowest BCUT2D eigenvalue weighted by Crippen LogP contribution is -2.23. The molecule has 0 saturated carbocycles. The molecule has 4 aromatic carbocycles. The standard InChI is InChI=1S/C25H19N/c1-25(2)18-11-6-8-15-7-5-10-17(22(15)18)23-19(25)13-14-21-24(23)16-9-3-4-12-20(16)26-21/h3-14,26H,1-2H3. The Hall–Kier alpha value is -3.06. The maximum atomic E-state index is 3.61. The maximum absolute atomic E-state index is 3.61. The van der Waals surface area contributed by atoms with Crippen LogP contribution in [0.15, 0.2) is 72.8 Å². The highest BCUT2D eigenvalue weighted by molar-refractivity contribution is 6.19. The van der Waals surface area contributed by atoms with E-state index in [1.807, 2.05) is 0 Å². The zero-order chi connectivity index (χ0) is 17.5. The molecule has 0 fully saturated rings. The van der Waals surface area contributed by atoms with Crippen molar-refractivity contribution < 1.29 is 0 Å². The summed E-state index contributed by atoms with van der Waals surface area (Å²) in [5, 5.41) is 5.40. The van der Waals surface area contributed by atoms with Gasteiger partial charge in [0.25, 0.3) is 0 Å². The van der Waals surface area contributed by atoms with Crippen molar-refractivity contribution in [2.24, 2.45) is 0 Å².